The van der Waals surface area contributed by atoms with Crippen molar-refractivity contribution in [2.45, 2.75) is 6.42 Å². The quantitative estimate of drug-likeness (QED) is 0.638. The number of hydrogen-bond donors (Lipinski definition) is 1. The van der Waals surface area contributed by atoms with Crippen molar-refractivity contribution in [3.05, 3.63) is 51.6 Å². The number of nitro benzene ring substituents is 1. The minimum Gasteiger partial charge on any atom is -0.493 e. The van der Waals surface area contributed by atoms with Gasteiger partial charge in [0.05, 0.1) is 31.6 Å². The smallest absolute Gasteiger partial charge is 0.286 e. The molecule has 0 saturated heterocycles. The van der Waals surface area contributed by atoms with Crippen LogP contribution in [0, 0.1) is 10.1 Å². The largest absolute Gasteiger partial charge is 0.493 e. The summed E-state index contributed by atoms with van der Waals surface area (Å²) in [5.74, 6) is -0.349. The lowest BCUT2D eigenvalue weighted by Crippen LogP contribution is -2.20. The van der Waals surface area contributed by atoms with Crippen LogP contribution in [-0.2, 0) is 11.2 Å². The number of amides is 2. The average molecular weight is 371 g/mol. The van der Waals surface area contributed by atoms with Gasteiger partial charge in [-0.3, -0.25) is 19.7 Å². The van der Waals surface area contributed by atoms with Crippen molar-refractivity contribution in [3.63, 3.8) is 0 Å². The lowest BCUT2D eigenvalue weighted by molar-refractivity contribution is -0.385. The minimum atomic E-state index is -0.666. The van der Waals surface area contributed by atoms with E-state index in [4.69, 9.17) is 9.47 Å². The van der Waals surface area contributed by atoms with Gasteiger partial charge in [0, 0.05) is 24.5 Å². The van der Waals surface area contributed by atoms with E-state index >= 15 is 0 Å². The number of carbonyl (C=O) groups excluding carboxylic acids is 2. The molecule has 0 atom stereocenters. The number of hydrogen-bond acceptors (Lipinski definition) is 6. The van der Waals surface area contributed by atoms with Crippen molar-refractivity contribution >= 4 is 28.9 Å². The number of nitrogens with one attached hydrogen (secondary N) is 1. The van der Waals surface area contributed by atoms with Crippen LogP contribution in [0.3, 0.4) is 0 Å². The maximum atomic E-state index is 12.6. The van der Waals surface area contributed by atoms with Gasteiger partial charge < -0.3 is 19.7 Å². The molecule has 0 aliphatic carbocycles. The Balaban J connectivity index is 1.94. The van der Waals surface area contributed by atoms with Gasteiger partial charge in [0.2, 0.25) is 5.91 Å². The highest BCUT2D eigenvalue weighted by Crippen LogP contribution is 2.35. The second-order valence-electron chi connectivity index (χ2n) is 5.91. The molecule has 0 saturated carbocycles. The van der Waals surface area contributed by atoms with Crippen LogP contribution < -0.4 is 19.7 Å². The Morgan fingerprint density at radius 1 is 1.19 bits per heavy atom. The molecule has 9 nitrogen and oxygen atoms in total. The first-order valence-electron chi connectivity index (χ1n) is 7.97. The summed E-state index contributed by atoms with van der Waals surface area (Å²) in [7, 11) is 4.41. The Hall–Kier alpha value is -3.62. The first kappa shape index (κ1) is 18.2. The summed E-state index contributed by atoms with van der Waals surface area (Å²) < 4.78 is 10.2. The van der Waals surface area contributed by atoms with E-state index in [1.165, 1.54) is 20.3 Å². The summed E-state index contributed by atoms with van der Waals surface area (Å²) in [6, 6.07) is 7.44. The molecule has 2 aromatic carbocycles. The molecule has 1 N–H and O–H groups in total. The summed E-state index contributed by atoms with van der Waals surface area (Å²) in [5.41, 5.74) is 1.43. The topological polar surface area (TPSA) is 111 Å². The molecule has 2 aromatic rings. The molecule has 0 spiro atoms. The molecule has 3 rings (SSSR count). The van der Waals surface area contributed by atoms with Crippen LogP contribution in [0.15, 0.2) is 30.3 Å². The lowest BCUT2D eigenvalue weighted by Gasteiger charge is -2.12. The lowest BCUT2D eigenvalue weighted by atomic mass is 10.1. The van der Waals surface area contributed by atoms with Gasteiger partial charge in [0.15, 0.2) is 11.5 Å². The molecule has 1 aliphatic rings. The van der Waals surface area contributed by atoms with E-state index in [0.717, 1.165) is 17.3 Å². The number of methoxy groups -OCH3 is 2. The van der Waals surface area contributed by atoms with E-state index in [9.17, 15) is 19.7 Å². The van der Waals surface area contributed by atoms with Crippen LogP contribution in [0.5, 0.6) is 11.5 Å². The summed E-state index contributed by atoms with van der Waals surface area (Å²) in [6.45, 7) is 0. The van der Waals surface area contributed by atoms with E-state index in [1.807, 2.05) is 0 Å². The molecule has 9 heteroatoms. The third-order valence-corrected chi connectivity index (χ3v) is 4.36. The van der Waals surface area contributed by atoms with Crippen LogP contribution in [0.4, 0.5) is 17.1 Å². The Labute approximate surface area is 154 Å². The van der Waals surface area contributed by atoms with Crippen molar-refractivity contribution in [2.24, 2.45) is 0 Å². The van der Waals surface area contributed by atoms with Crippen molar-refractivity contribution < 1.29 is 24.0 Å². The monoisotopic (exact) mass is 371 g/mol. The Bertz CT molecular complexity index is 956. The maximum absolute atomic E-state index is 12.6. The van der Waals surface area contributed by atoms with Crippen LogP contribution in [0.2, 0.25) is 0 Å². The predicted molar refractivity (Wildman–Crippen MR) is 97.7 cm³/mol. The molecule has 0 unspecified atom stereocenters. The Kier molecular flexibility index (Phi) is 4.68. The van der Waals surface area contributed by atoms with Crippen LogP contribution in [0.25, 0.3) is 0 Å². The zero-order valence-corrected chi connectivity index (χ0v) is 14.9. The average Bonchev–Trinajstić information content (AvgIpc) is 2.93. The number of nitro groups is 1. The van der Waals surface area contributed by atoms with Gasteiger partial charge in [-0.15, -0.1) is 0 Å². The Morgan fingerprint density at radius 2 is 1.85 bits per heavy atom. The second-order valence-corrected chi connectivity index (χ2v) is 5.91. The minimum absolute atomic E-state index is 0.0380. The van der Waals surface area contributed by atoms with E-state index < -0.39 is 16.5 Å². The fourth-order valence-electron chi connectivity index (χ4n) is 2.95. The number of ether oxygens (including phenoxy) is 2. The third-order valence-electron chi connectivity index (χ3n) is 4.36. The van der Waals surface area contributed by atoms with Gasteiger partial charge in [-0.25, -0.2) is 0 Å². The van der Waals surface area contributed by atoms with Crippen LogP contribution in [0.1, 0.15) is 15.9 Å². The molecule has 2 amide bonds. The molecule has 0 fully saturated rings. The number of anilines is 2. The molecule has 0 bridgehead atoms. The third kappa shape index (κ3) is 3.26. The normalized spacial score (nSPS) is 12.6. The number of fused-ring (bicyclic) bond motifs is 1. The highest BCUT2D eigenvalue weighted by atomic mass is 16.6. The van der Waals surface area contributed by atoms with E-state index in [0.29, 0.717) is 5.69 Å². The van der Waals surface area contributed by atoms with E-state index in [1.54, 1.807) is 30.1 Å². The highest BCUT2D eigenvalue weighted by molar-refractivity contribution is 6.08. The van der Waals surface area contributed by atoms with Crippen molar-refractivity contribution in [1.82, 2.24) is 0 Å². The molecule has 0 radical (unpaired) electrons. The molecule has 1 heterocycles. The first-order valence-corrected chi connectivity index (χ1v) is 7.97. The van der Waals surface area contributed by atoms with Crippen molar-refractivity contribution in [2.75, 3.05) is 31.5 Å². The first-order chi connectivity index (χ1) is 12.8. The van der Waals surface area contributed by atoms with Gasteiger partial charge in [-0.2, -0.15) is 0 Å². The Morgan fingerprint density at radius 3 is 2.48 bits per heavy atom. The molecule has 0 aromatic heterocycles. The van der Waals surface area contributed by atoms with Gasteiger partial charge in [0.1, 0.15) is 5.56 Å². The summed E-state index contributed by atoms with van der Waals surface area (Å²) in [5, 5.41) is 14.0. The van der Waals surface area contributed by atoms with Gasteiger partial charge in [-0.05, 0) is 23.8 Å². The number of rotatable bonds is 5. The van der Waals surface area contributed by atoms with Gasteiger partial charge in [-0.1, -0.05) is 0 Å². The number of benzene rings is 2. The standard InChI is InChI=1S/C18H17N3O6/c1-20-13-5-4-11(6-10(13)7-17(20)22)19-18(23)12-8-15(26-2)16(27-3)9-14(12)21(24)25/h4-6,8-9H,7H2,1-3H3,(H,19,23). The summed E-state index contributed by atoms with van der Waals surface area (Å²) >= 11 is 0. The SMILES string of the molecule is COc1cc(C(=O)Nc2ccc3c(c2)CC(=O)N3C)c([N+](=O)[O-])cc1OC. The number of carbonyl (C=O) groups is 2. The number of likely N-dealkylation sites (N-methyl/N-ethyl adjacent to an activating group) is 1. The van der Waals surface area contributed by atoms with Crippen molar-refractivity contribution in [1.29, 1.82) is 0 Å². The zero-order chi connectivity index (χ0) is 19.7. The van der Waals surface area contributed by atoms with Crippen molar-refractivity contribution in [3.8, 4) is 11.5 Å². The highest BCUT2D eigenvalue weighted by Gasteiger charge is 2.26. The number of nitrogens with zero attached hydrogens (tertiary/aromatic N) is 2. The zero-order valence-electron chi connectivity index (χ0n) is 14.9. The van der Waals surface area contributed by atoms with Crippen LogP contribution in [-0.4, -0.2) is 38.0 Å². The van der Waals surface area contributed by atoms with Crippen LogP contribution >= 0.6 is 0 Å². The predicted octanol–water partition coefficient (Wildman–Crippen LogP) is 2.38. The summed E-state index contributed by atoms with van der Waals surface area (Å²) in [4.78, 5) is 36.7. The maximum Gasteiger partial charge on any atom is 0.286 e. The fraction of sp³-hybridized carbons (Fsp3) is 0.222. The molecular formula is C18H17N3O6. The van der Waals surface area contributed by atoms with Gasteiger partial charge in [0.25, 0.3) is 11.6 Å². The van der Waals surface area contributed by atoms with E-state index in [2.05, 4.69) is 5.32 Å². The summed E-state index contributed by atoms with van der Waals surface area (Å²) in [6.07, 6.45) is 0.242. The molecular weight excluding hydrogens is 354 g/mol. The second kappa shape index (κ2) is 6.94. The molecule has 140 valence electrons. The fourth-order valence-corrected chi connectivity index (χ4v) is 2.95. The molecule has 1 aliphatic heterocycles. The van der Waals surface area contributed by atoms with E-state index in [-0.39, 0.29) is 29.4 Å². The van der Waals surface area contributed by atoms with Gasteiger partial charge >= 0.3 is 0 Å². The molecule has 27 heavy (non-hydrogen) atoms.